The summed E-state index contributed by atoms with van der Waals surface area (Å²) in [6, 6.07) is 0. The normalized spacial score (nSPS) is 18.9. The lowest BCUT2D eigenvalue weighted by Gasteiger charge is -2.29. The molecule has 0 spiro atoms. The average molecular weight is 440 g/mol. The van der Waals surface area contributed by atoms with Crippen LogP contribution in [0.4, 0.5) is 0 Å². The van der Waals surface area contributed by atoms with Crippen LogP contribution < -0.4 is 0 Å². The zero-order valence-corrected chi connectivity index (χ0v) is 17.1. The maximum absolute atomic E-state index is 12.2. The number of halogens is 4. The molecule has 0 saturated carbocycles. The van der Waals surface area contributed by atoms with Crippen molar-refractivity contribution in [3.63, 3.8) is 0 Å². The van der Waals surface area contributed by atoms with Gasteiger partial charge in [0.2, 0.25) is 0 Å². The molecule has 0 aromatic rings. The molecular formula is C14H18Cl4O7. The summed E-state index contributed by atoms with van der Waals surface area (Å²) in [7, 11) is 0. The van der Waals surface area contributed by atoms with Gasteiger partial charge in [-0.05, 0) is 20.8 Å². The number of Topliss-reactive ketones (excluding diaryl/α,β-unsaturated/α-hetero) is 1. The highest BCUT2D eigenvalue weighted by atomic mass is 35.5. The minimum Gasteiger partial charge on any atom is -0.477 e. The van der Waals surface area contributed by atoms with Crippen LogP contribution in [0, 0.1) is 0 Å². The molecule has 0 radical (unpaired) electrons. The molecule has 0 aliphatic carbocycles. The molecule has 11 heteroatoms. The summed E-state index contributed by atoms with van der Waals surface area (Å²) in [5, 5.41) is 3.98. The number of carboxylic acids is 1. The summed E-state index contributed by atoms with van der Waals surface area (Å²) in [6.45, 7) is 5.84. The Balaban J connectivity index is 5.15. The van der Waals surface area contributed by atoms with Crippen molar-refractivity contribution in [3.05, 3.63) is 0 Å². The number of ketones is 1. The smallest absolute Gasteiger partial charge is 0.368 e. The summed E-state index contributed by atoms with van der Waals surface area (Å²) < 4.78 is 9.28. The van der Waals surface area contributed by atoms with Crippen molar-refractivity contribution >= 4 is 70.1 Å². The summed E-state index contributed by atoms with van der Waals surface area (Å²) >= 11 is 23.1. The van der Waals surface area contributed by atoms with E-state index in [9.17, 15) is 19.2 Å². The van der Waals surface area contributed by atoms with Crippen molar-refractivity contribution in [2.24, 2.45) is 0 Å². The van der Waals surface area contributed by atoms with Crippen molar-refractivity contribution in [3.8, 4) is 0 Å². The molecule has 1 N–H and O–H groups in total. The van der Waals surface area contributed by atoms with Crippen LogP contribution in [0.25, 0.3) is 0 Å². The van der Waals surface area contributed by atoms with E-state index in [1.54, 1.807) is 0 Å². The predicted molar refractivity (Wildman–Crippen MR) is 92.1 cm³/mol. The van der Waals surface area contributed by atoms with E-state index in [4.69, 9.17) is 56.2 Å². The number of hydrogen-bond donors (Lipinski definition) is 1. The van der Waals surface area contributed by atoms with E-state index >= 15 is 0 Å². The van der Waals surface area contributed by atoms with Gasteiger partial charge >= 0.3 is 17.9 Å². The molecule has 0 aliphatic rings. The third-order valence-electron chi connectivity index (χ3n) is 2.90. The second kappa shape index (κ2) is 7.86. The number of carbonyl (C=O) groups is 4. The number of hydrogen-bond acceptors (Lipinski definition) is 6. The van der Waals surface area contributed by atoms with Gasteiger partial charge in [0, 0.05) is 20.3 Å². The van der Waals surface area contributed by atoms with Gasteiger partial charge in [-0.3, -0.25) is 9.59 Å². The van der Waals surface area contributed by atoms with Crippen molar-refractivity contribution in [2.45, 2.75) is 60.9 Å². The van der Waals surface area contributed by atoms with Gasteiger partial charge in [-0.1, -0.05) is 23.2 Å². The molecule has 25 heavy (non-hydrogen) atoms. The Hall–Kier alpha value is -0.760. The average Bonchev–Trinajstić information content (AvgIpc) is 2.35. The summed E-state index contributed by atoms with van der Waals surface area (Å²) in [5.74, 6) is -4.83. The van der Waals surface area contributed by atoms with Crippen LogP contribution in [0.1, 0.15) is 41.0 Å². The van der Waals surface area contributed by atoms with Gasteiger partial charge in [-0.2, -0.15) is 0 Å². The Morgan fingerprint density at radius 2 is 1.20 bits per heavy atom. The second-order valence-corrected chi connectivity index (χ2v) is 9.41. The molecule has 0 heterocycles. The zero-order chi connectivity index (χ0) is 20.4. The summed E-state index contributed by atoms with van der Waals surface area (Å²) in [4.78, 5) is 43.7. The van der Waals surface area contributed by atoms with Gasteiger partial charge in [0.25, 0.3) is 10.1 Å². The molecule has 0 bridgehead atoms. The Labute approximate surface area is 164 Å². The van der Waals surface area contributed by atoms with Crippen LogP contribution in [0.3, 0.4) is 0 Å². The van der Waals surface area contributed by atoms with E-state index in [0.717, 1.165) is 13.8 Å². The van der Waals surface area contributed by atoms with Gasteiger partial charge in [-0.25, -0.2) is 9.59 Å². The van der Waals surface area contributed by atoms with E-state index in [2.05, 4.69) is 4.74 Å². The van der Waals surface area contributed by atoms with Gasteiger partial charge in [0.15, 0.2) is 5.78 Å². The van der Waals surface area contributed by atoms with E-state index in [-0.39, 0.29) is 0 Å². The predicted octanol–water partition coefficient (Wildman–Crippen LogP) is 3.04. The standard InChI is InChI=1S/C14H18Cl4O7/c1-11(2,15)7(19)6-12(3,16)9(22)24-14(5,18)10(23)25-13(4,17)8(20)21/h6H2,1-5H3,(H,20,21). The zero-order valence-electron chi connectivity index (χ0n) is 14.1. The minimum atomic E-state index is -2.42. The first-order valence-electron chi connectivity index (χ1n) is 6.82. The SMILES string of the molecule is CC(C)(Cl)C(=O)CC(C)(Cl)C(=O)OC(C)(Cl)C(=O)OC(C)(Cl)C(=O)O. The highest BCUT2D eigenvalue weighted by Gasteiger charge is 2.47. The lowest BCUT2D eigenvalue weighted by molar-refractivity contribution is -0.182. The number of ether oxygens (including phenoxy) is 2. The molecule has 0 aromatic heterocycles. The van der Waals surface area contributed by atoms with Crippen LogP contribution >= 0.6 is 46.4 Å². The first-order valence-corrected chi connectivity index (χ1v) is 8.33. The molecule has 0 aliphatic heterocycles. The third kappa shape index (κ3) is 7.17. The van der Waals surface area contributed by atoms with Gasteiger partial charge in [0.05, 0.1) is 4.87 Å². The van der Waals surface area contributed by atoms with E-state index in [1.165, 1.54) is 20.8 Å². The van der Waals surface area contributed by atoms with E-state index < -0.39 is 50.0 Å². The maximum atomic E-state index is 12.2. The van der Waals surface area contributed by atoms with Crippen molar-refractivity contribution in [1.82, 2.24) is 0 Å². The van der Waals surface area contributed by atoms with Crippen LogP contribution in [-0.4, -0.2) is 48.7 Å². The first kappa shape index (κ1) is 24.2. The minimum absolute atomic E-state index is 0.492. The van der Waals surface area contributed by atoms with Crippen molar-refractivity contribution in [1.29, 1.82) is 0 Å². The number of carbonyl (C=O) groups excluding carboxylic acids is 3. The molecule has 0 saturated heterocycles. The fourth-order valence-electron chi connectivity index (χ4n) is 1.21. The fourth-order valence-corrected chi connectivity index (χ4v) is 1.62. The molecule has 144 valence electrons. The highest BCUT2D eigenvalue weighted by Crippen LogP contribution is 2.31. The largest absolute Gasteiger partial charge is 0.477 e. The van der Waals surface area contributed by atoms with E-state index in [1.807, 2.05) is 0 Å². The highest BCUT2D eigenvalue weighted by molar-refractivity contribution is 6.40. The van der Waals surface area contributed by atoms with Crippen molar-refractivity contribution in [2.75, 3.05) is 0 Å². The number of carboxylic acid groups (broad SMARTS) is 1. The van der Waals surface area contributed by atoms with Crippen LogP contribution in [0.15, 0.2) is 0 Å². The second-order valence-electron chi connectivity index (χ2n) is 6.19. The molecule has 3 unspecified atom stereocenters. The lowest BCUT2D eigenvalue weighted by Crippen LogP contribution is -2.47. The molecule has 0 amide bonds. The molecule has 0 aromatic carbocycles. The maximum Gasteiger partial charge on any atom is 0.368 e. The molecule has 3 atom stereocenters. The van der Waals surface area contributed by atoms with Crippen molar-refractivity contribution < 1.29 is 33.8 Å². The molecular weight excluding hydrogens is 422 g/mol. The molecule has 0 rings (SSSR count). The first-order chi connectivity index (χ1) is 10.8. The van der Waals surface area contributed by atoms with E-state index in [0.29, 0.717) is 0 Å². The Kier molecular flexibility index (Phi) is 7.62. The lowest BCUT2D eigenvalue weighted by atomic mass is 9.96. The molecule has 0 fully saturated rings. The van der Waals surface area contributed by atoms with Crippen LogP contribution in [-0.2, 0) is 28.7 Å². The number of esters is 2. The Morgan fingerprint density at radius 1 is 0.800 bits per heavy atom. The third-order valence-corrected chi connectivity index (χ3v) is 3.87. The fraction of sp³-hybridized carbons (Fsp3) is 0.714. The van der Waals surface area contributed by atoms with Gasteiger partial charge < -0.3 is 14.6 Å². The number of rotatable bonds is 8. The number of alkyl halides is 4. The van der Waals surface area contributed by atoms with Gasteiger partial charge in [0.1, 0.15) is 4.87 Å². The monoisotopic (exact) mass is 438 g/mol. The van der Waals surface area contributed by atoms with Gasteiger partial charge in [-0.15, -0.1) is 23.2 Å². The Bertz CT molecular complexity index is 576. The molecule has 7 nitrogen and oxygen atoms in total. The quantitative estimate of drug-likeness (QED) is 0.457. The van der Waals surface area contributed by atoms with Crippen LogP contribution in [0.5, 0.6) is 0 Å². The summed E-state index contributed by atoms with van der Waals surface area (Å²) in [5.41, 5.74) is 0. The number of aliphatic carboxylic acids is 1. The summed E-state index contributed by atoms with van der Waals surface area (Å²) in [6.07, 6.45) is -0.492. The Morgan fingerprint density at radius 3 is 1.56 bits per heavy atom. The topological polar surface area (TPSA) is 107 Å². The van der Waals surface area contributed by atoms with Crippen LogP contribution in [0.2, 0.25) is 0 Å².